The van der Waals surface area contributed by atoms with Gasteiger partial charge in [0.1, 0.15) is 0 Å². The fraction of sp³-hybridized carbons (Fsp3) is 0.929. The van der Waals surface area contributed by atoms with Gasteiger partial charge in [-0.3, -0.25) is 4.79 Å². The van der Waals surface area contributed by atoms with Gasteiger partial charge in [-0.1, -0.05) is 26.2 Å². The second kappa shape index (κ2) is 6.53. The highest BCUT2D eigenvalue weighted by Crippen LogP contribution is 2.29. The number of aliphatic hydroxyl groups is 1. The summed E-state index contributed by atoms with van der Waals surface area (Å²) in [5, 5.41) is 12.1. The number of rotatable bonds is 6. The molecule has 0 aliphatic heterocycles. The third kappa shape index (κ3) is 4.58. The van der Waals surface area contributed by atoms with Gasteiger partial charge in [-0.25, -0.2) is 0 Å². The molecule has 1 atom stereocenters. The Hall–Kier alpha value is -0.610. The van der Waals surface area contributed by atoms with Gasteiger partial charge in [0.15, 0.2) is 0 Å². The highest BCUT2D eigenvalue weighted by atomic mass is 16.3. The van der Waals surface area contributed by atoms with E-state index in [1.807, 2.05) is 13.8 Å². The molecule has 4 N–H and O–H groups in total. The van der Waals surface area contributed by atoms with Crippen LogP contribution in [0.25, 0.3) is 0 Å². The Morgan fingerprint density at radius 1 is 1.39 bits per heavy atom. The zero-order chi connectivity index (χ0) is 13.6. The molecule has 18 heavy (non-hydrogen) atoms. The molecule has 1 fully saturated rings. The molecule has 106 valence electrons. The average molecular weight is 256 g/mol. The number of nitrogens with two attached hydrogens (primary N) is 1. The van der Waals surface area contributed by atoms with Crippen LogP contribution in [0, 0.1) is 0 Å². The molecule has 4 nitrogen and oxygen atoms in total. The van der Waals surface area contributed by atoms with E-state index in [1.54, 1.807) is 0 Å². The molecule has 1 saturated carbocycles. The van der Waals surface area contributed by atoms with Gasteiger partial charge >= 0.3 is 0 Å². The van der Waals surface area contributed by atoms with E-state index in [9.17, 15) is 4.79 Å². The van der Waals surface area contributed by atoms with Crippen molar-refractivity contribution in [1.29, 1.82) is 0 Å². The van der Waals surface area contributed by atoms with Gasteiger partial charge < -0.3 is 16.2 Å². The summed E-state index contributed by atoms with van der Waals surface area (Å²) < 4.78 is 0. The lowest BCUT2D eigenvalue weighted by molar-refractivity contribution is -0.124. The van der Waals surface area contributed by atoms with Gasteiger partial charge in [-0.15, -0.1) is 0 Å². The van der Waals surface area contributed by atoms with Crippen LogP contribution in [0.4, 0.5) is 0 Å². The lowest BCUT2D eigenvalue weighted by atomic mass is 9.80. The standard InChI is InChI=1S/C14H28N2O2/c1-3-13(2,9-10-17)16-12(18)11-14(15)7-5-4-6-8-14/h17H,3-11,15H2,1-2H3,(H,16,18). The van der Waals surface area contributed by atoms with Crippen molar-refractivity contribution in [2.75, 3.05) is 6.61 Å². The Morgan fingerprint density at radius 2 is 2.00 bits per heavy atom. The molecule has 1 aliphatic carbocycles. The molecular weight excluding hydrogens is 228 g/mol. The van der Waals surface area contributed by atoms with Gasteiger partial charge in [0.25, 0.3) is 0 Å². The lowest BCUT2D eigenvalue weighted by Gasteiger charge is -2.35. The van der Waals surface area contributed by atoms with E-state index in [0.717, 1.165) is 32.1 Å². The van der Waals surface area contributed by atoms with Crippen LogP contribution >= 0.6 is 0 Å². The minimum atomic E-state index is -0.309. The molecule has 4 heteroatoms. The second-order valence-electron chi connectivity index (χ2n) is 6.04. The largest absolute Gasteiger partial charge is 0.396 e. The summed E-state index contributed by atoms with van der Waals surface area (Å²) in [5.41, 5.74) is 5.67. The molecule has 0 saturated heterocycles. The maximum atomic E-state index is 12.1. The van der Waals surface area contributed by atoms with Crippen LogP contribution in [0.5, 0.6) is 0 Å². The Bertz CT molecular complexity index is 261. The van der Waals surface area contributed by atoms with Crippen molar-refractivity contribution in [1.82, 2.24) is 5.32 Å². The molecule has 0 bridgehead atoms. The second-order valence-corrected chi connectivity index (χ2v) is 6.04. The first-order chi connectivity index (χ1) is 8.43. The van der Waals surface area contributed by atoms with Gasteiger partial charge in [0.2, 0.25) is 5.91 Å². The number of nitrogens with one attached hydrogen (secondary N) is 1. The monoisotopic (exact) mass is 256 g/mol. The van der Waals surface area contributed by atoms with Gasteiger partial charge in [-0.2, -0.15) is 0 Å². The number of carbonyl (C=O) groups is 1. The number of aliphatic hydroxyl groups excluding tert-OH is 1. The Morgan fingerprint density at radius 3 is 2.50 bits per heavy atom. The Labute approximate surface area is 110 Å². The third-order valence-corrected chi connectivity index (χ3v) is 4.25. The molecule has 1 unspecified atom stereocenters. The van der Waals surface area contributed by atoms with Crippen molar-refractivity contribution in [3.63, 3.8) is 0 Å². The van der Waals surface area contributed by atoms with Crippen molar-refractivity contribution in [3.05, 3.63) is 0 Å². The van der Waals surface area contributed by atoms with E-state index < -0.39 is 0 Å². The molecule has 0 spiro atoms. The SMILES string of the molecule is CCC(C)(CCO)NC(=O)CC1(N)CCCCC1. The molecule has 1 amide bonds. The van der Waals surface area contributed by atoms with Crippen LogP contribution < -0.4 is 11.1 Å². The molecule has 0 aromatic rings. The highest BCUT2D eigenvalue weighted by Gasteiger charge is 2.32. The van der Waals surface area contributed by atoms with E-state index >= 15 is 0 Å². The lowest BCUT2D eigenvalue weighted by Crippen LogP contribution is -2.51. The van der Waals surface area contributed by atoms with E-state index in [4.69, 9.17) is 10.8 Å². The number of carbonyl (C=O) groups excluding carboxylic acids is 1. The maximum absolute atomic E-state index is 12.1. The topological polar surface area (TPSA) is 75.3 Å². The van der Waals surface area contributed by atoms with E-state index in [1.165, 1.54) is 6.42 Å². The zero-order valence-corrected chi connectivity index (χ0v) is 11.8. The van der Waals surface area contributed by atoms with Crippen molar-refractivity contribution in [2.45, 2.75) is 76.3 Å². The first-order valence-corrected chi connectivity index (χ1v) is 7.14. The van der Waals surface area contributed by atoms with Crippen molar-refractivity contribution in [3.8, 4) is 0 Å². The average Bonchev–Trinajstić information content (AvgIpc) is 2.29. The van der Waals surface area contributed by atoms with Crippen molar-refractivity contribution in [2.24, 2.45) is 5.73 Å². The van der Waals surface area contributed by atoms with Crippen LogP contribution in [0.1, 0.15) is 65.2 Å². The molecule has 0 radical (unpaired) electrons. The van der Waals surface area contributed by atoms with Crippen molar-refractivity contribution >= 4 is 5.91 Å². The predicted octanol–water partition coefficient (Wildman–Crippen LogP) is 1.71. The summed E-state index contributed by atoms with van der Waals surface area (Å²) in [6.07, 6.45) is 7.21. The third-order valence-electron chi connectivity index (χ3n) is 4.25. The maximum Gasteiger partial charge on any atom is 0.222 e. The molecule has 1 aliphatic rings. The highest BCUT2D eigenvalue weighted by molar-refractivity contribution is 5.78. The summed E-state index contributed by atoms with van der Waals surface area (Å²) in [5.74, 6) is 0.0252. The fourth-order valence-corrected chi connectivity index (χ4v) is 2.71. The van der Waals surface area contributed by atoms with Gasteiger partial charge in [0.05, 0.1) is 0 Å². The normalized spacial score (nSPS) is 22.2. The Kier molecular flexibility index (Phi) is 5.60. The Balaban J connectivity index is 2.49. The quantitative estimate of drug-likeness (QED) is 0.677. The number of hydrogen-bond acceptors (Lipinski definition) is 3. The van der Waals surface area contributed by atoms with Gasteiger partial charge in [0, 0.05) is 24.1 Å². The fourth-order valence-electron chi connectivity index (χ4n) is 2.71. The smallest absolute Gasteiger partial charge is 0.222 e. The van der Waals surface area contributed by atoms with Crippen LogP contribution in [0.3, 0.4) is 0 Å². The molecule has 1 rings (SSSR count). The first-order valence-electron chi connectivity index (χ1n) is 7.14. The van der Waals surface area contributed by atoms with E-state index in [-0.39, 0.29) is 23.6 Å². The summed E-state index contributed by atoms with van der Waals surface area (Å²) in [6.45, 7) is 4.10. The summed E-state index contributed by atoms with van der Waals surface area (Å²) in [7, 11) is 0. The van der Waals surface area contributed by atoms with Crippen LogP contribution in [-0.2, 0) is 4.79 Å². The number of hydrogen-bond donors (Lipinski definition) is 3. The number of amides is 1. The van der Waals surface area contributed by atoms with Crippen molar-refractivity contribution < 1.29 is 9.90 Å². The minimum Gasteiger partial charge on any atom is -0.396 e. The summed E-state index contributed by atoms with van der Waals surface area (Å²) in [6, 6.07) is 0. The van der Waals surface area contributed by atoms with E-state index in [2.05, 4.69) is 5.32 Å². The predicted molar refractivity (Wildman–Crippen MR) is 73.2 cm³/mol. The molecule has 0 aromatic carbocycles. The van der Waals surface area contributed by atoms with Crippen LogP contribution in [-0.4, -0.2) is 28.7 Å². The summed E-state index contributed by atoms with van der Waals surface area (Å²) in [4.78, 5) is 12.1. The van der Waals surface area contributed by atoms with Crippen LogP contribution in [0.15, 0.2) is 0 Å². The van der Waals surface area contributed by atoms with E-state index in [0.29, 0.717) is 12.8 Å². The molecular formula is C14H28N2O2. The first kappa shape index (κ1) is 15.4. The van der Waals surface area contributed by atoms with Crippen LogP contribution in [0.2, 0.25) is 0 Å². The zero-order valence-electron chi connectivity index (χ0n) is 11.8. The molecule has 0 heterocycles. The minimum absolute atomic E-state index is 0.0252. The van der Waals surface area contributed by atoms with Gasteiger partial charge in [-0.05, 0) is 32.6 Å². The molecule has 0 aromatic heterocycles. The summed E-state index contributed by atoms with van der Waals surface area (Å²) >= 11 is 0.